The van der Waals surface area contributed by atoms with Gasteiger partial charge in [-0.05, 0) is 60.2 Å². The fourth-order valence-electron chi connectivity index (χ4n) is 3.50. The summed E-state index contributed by atoms with van der Waals surface area (Å²) < 4.78 is 0. The van der Waals surface area contributed by atoms with Crippen molar-refractivity contribution in [2.24, 2.45) is 0 Å². The van der Waals surface area contributed by atoms with E-state index in [9.17, 15) is 4.79 Å². The van der Waals surface area contributed by atoms with Crippen LogP contribution in [0.25, 0.3) is 0 Å². The summed E-state index contributed by atoms with van der Waals surface area (Å²) in [7, 11) is 0. The van der Waals surface area contributed by atoms with Crippen LogP contribution in [0.3, 0.4) is 0 Å². The van der Waals surface area contributed by atoms with Gasteiger partial charge in [0.1, 0.15) is 0 Å². The molecule has 0 fully saturated rings. The van der Waals surface area contributed by atoms with Crippen LogP contribution in [0.4, 0.5) is 5.69 Å². The van der Waals surface area contributed by atoms with Gasteiger partial charge in [-0.1, -0.05) is 30.3 Å². The number of fused-ring (bicyclic) bond motifs is 1. The minimum atomic E-state index is -0.0722. The molecule has 4 rings (SSSR count). The number of nitrogens with one attached hydrogen (secondary N) is 1. The Kier molecular flexibility index (Phi) is 4.87. The van der Waals surface area contributed by atoms with E-state index in [0.717, 1.165) is 25.2 Å². The highest BCUT2D eigenvalue weighted by Gasteiger charge is 2.24. The fraction of sp³-hybridized carbons (Fsp3) is 0.227. The summed E-state index contributed by atoms with van der Waals surface area (Å²) in [5.41, 5.74) is 4.21. The normalized spacial score (nSPS) is 16.9. The van der Waals surface area contributed by atoms with Crippen LogP contribution in [0.1, 0.15) is 39.3 Å². The number of carbonyl (C=O) groups excluding carboxylic acids is 1. The molecule has 1 aliphatic heterocycles. The lowest BCUT2D eigenvalue weighted by atomic mass is 10.0. The van der Waals surface area contributed by atoms with E-state index in [4.69, 9.17) is 0 Å². The van der Waals surface area contributed by atoms with E-state index < -0.39 is 0 Å². The van der Waals surface area contributed by atoms with Crippen LogP contribution >= 0.6 is 11.3 Å². The monoisotopic (exact) mass is 362 g/mol. The van der Waals surface area contributed by atoms with E-state index in [2.05, 4.69) is 40.7 Å². The fourth-order valence-corrected chi connectivity index (χ4v) is 4.46. The second-order valence-corrected chi connectivity index (χ2v) is 7.71. The molecule has 1 N–H and O–H groups in total. The summed E-state index contributed by atoms with van der Waals surface area (Å²) in [5.74, 6) is -0.0722. The Morgan fingerprint density at radius 3 is 2.65 bits per heavy atom. The van der Waals surface area contributed by atoms with E-state index in [1.807, 2.05) is 53.8 Å². The topological polar surface area (TPSA) is 32.3 Å². The molecule has 0 saturated carbocycles. The van der Waals surface area contributed by atoms with Crippen LogP contribution in [0.2, 0.25) is 0 Å². The van der Waals surface area contributed by atoms with E-state index >= 15 is 0 Å². The third-order valence-corrected chi connectivity index (χ3v) is 6.03. The zero-order valence-corrected chi connectivity index (χ0v) is 15.6. The highest BCUT2D eigenvalue weighted by atomic mass is 32.1. The van der Waals surface area contributed by atoms with Gasteiger partial charge in [-0.15, -0.1) is 11.3 Å². The number of nitrogens with zero attached hydrogens (tertiary/aromatic N) is 1. The van der Waals surface area contributed by atoms with Crippen molar-refractivity contribution in [3.05, 3.63) is 87.6 Å². The van der Waals surface area contributed by atoms with Gasteiger partial charge >= 0.3 is 0 Å². The van der Waals surface area contributed by atoms with Gasteiger partial charge in [0.25, 0.3) is 5.91 Å². The van der Waals surface area contributed by atoms with E-state index in [1.165, 1.54) is 16.0 Å². The number of anilines is 1. The standard InChI is InChI=1S/C22H22N2OS/c1-16-20-12-14-26-21(20)11-13-24(16)15-17-7-9-18(10-8-17)22(25)23-19-5-3-2-4-6-19/h2-10,12,14,16H,11,13,15H2,1H3,(H,23,25)/t16-/m1/s1. The number of thiophene rings is 1. The van der Waals surface area contributed by atoms with Gasteiger partial charge in [-0.25, -0.2) is 0 Å². The molecule has 0 spiro atoms. The van der Waals surface area contributed by atoms with E-state index in [-0.39, 0.29) is 5.91 Å². The molecular weight excluding hydrogens is 340 g/mol. The number of hydrogen-bond donors (Lipinski definition) is 1. The number of amides is 1. The van der Waals surface area contributed by atoms with Gasteiger partial charge in [-0.2, -0.15) is 0 Å². The molecule has 3 aromatic rings. The van der Waals surface area contributed by atoms with Crippen molar-refractivity contribution >= 4 is 22.9 Å². The predicted molar refractivity (Wildman–Crippen MR) is 108 cm³/mol. The van der Waals surface area contributed by atoms with Crippen molar-refractivity contribution in [2.75, 3.05) is 11.9 Å². The molecule has 26 heavy (non-hydrogen) atoms. The van der Waals surface area contributed by atoms with Crippen molar-refractivity contribution < 1.29 is 4.79 Å². The molecule has 3 nitrogen and oxygen atoms in total. The molecule has 0 bridgehead atoms. The first-order valence-corrected chi connectivity index (χ1v) is 9.84. The van der Waals surface area contributed by atoms with Crippen molar-refractivity contribution in [1.29, 1.82) is 0 Å². The van der Waals surface area contributed by atoms with Crippen molar-refractivity contribution in [1.82, 2.24) is 4.90 Å². The summed E-state index contributed by atoms with van der Waals surface area (Å²) in [4.78, 5) is 16.4. The van der Waals surface area contributed by atoms with Crippen LogP contribution in [-0.4, -0.2) is 17.4 Å². The van der Waals surface area contributed by atoms with Crippen LogP contribution in [0.5, 0.6) is 0 Å². The lowest BCUT2D eigenvalue weighted by molar-refractivity contribution is 0.102. The van der Waals surface area contributed by atoms with E-state index in [0.29, 0.717) is 11.6 Å². The minimum absolute atomic E-state index is 0.0722. The first kappa shape index (κ1) is 17.0. The van der Waals surface area contributed by atoms with Crippen molar-refractivity contribution in [3.8, 4) is 0 Å². The van der Waals surface area contributed by atoms with Gasteiger partial charge in [0, 0.05) is 35.3 Å². The summed E-state index contributed by atoms with van der Waals surface area (Å²) in [6.07, 6.45) is 1.13. The first-order chi connectivity index (χ1) is 12.7. The average molecular weight is 362 g/mol. The Bertz CT molecular complexity index is 886. The Morgan fingerprint density at radius 2 is 1.88 bits per heavy atom. The van der Waals surface area contributed by atoms with Gasteiger partial charge in [0.15, 0.2) is 0 Å². The smallest absolute Gasteiger partial charge is 0.255 e. The van der Waals surface area contributed by atoms with Crippen LogP contribution in [0.15, 0.2) is 66.0 Å². The average Bonchev–Trinajstić information content (AvgIpc) is 3.15. The largest absolute Gasteiger partial charge is 0.322 e. The van der Waals surface area contributed by atoms with Crippen LogP contribution in [-0.2, 0) is 13.0 Å². The first-order valence-electron chi connectivity index (χ1n) is 8.96. The second-order valence-electron chi connectivity index (χ2n) is 6.71. The Labute approximate surface area is 158 Å². The maximum Gasteiger partial charge on any atom is 0.255 e. The van der Waals surface area contributed by atoms with Gasteiger partial charge in [0.2, 0.25) is 0 Å². The maximum atomic E-state index is 12.4. The molecule has 2 heterocycles. The second kappa shape index (κ2) is 7.44. The molecule has 0 radical (unpaired) electrons. The number of para-hydroxylation sites is 1. The van der Waals surface area contributed by atoms with Crippen molar-refractivity contribution in [3.63, 3.8) is 0 Å². The Balaban J connectivity index is 1.41. The van der Waals surface area contributed by atoms with Crippen molar-refractivity contribution in [2.45, 2.75) is 25.9 Å². The molecule has 1 amide bonds. The third kappa shape index (κ3) is 3.57. The SMILES string of the molecule is C[C@@H]1c2ccsc2CCN1Cc1ccc(C(=O)Nc2ccccc2)cc1. The van der Waals surface area contributed by atoms with Crippen LogP contribution < -0.4 is 5.32 Å². The summed E-state index contributed by atoms with van der Waals surface area (Å²) in [6.45, 7) is 4.29. The molecule has 2 aromatic carbocycles. The van der Waals surface area contributed by atoms with Gasteiger partial charge in [0.05, 0.1) is 0 Å². The number of rotatable bonds is 4. The molecule has 0 aliphatic carbocycles. The number of carbonyl (C=O) groups is 1. The van der Waals surface area contributed by atoms with Crippen LogP contribution in [0, 0.1) is 0 Å². The quantitative estimate of drug-likeness (QED) is 0.699. The predicted octanol–water partition coefficient (Wildman–Crippen LogP) is 5.12. The zero-order valence-electron chi connectivity index (χ0n) is 14.8. The summed E-state index contributed by atoms with van der Waals surface area (Å²) in [5, 5.41) is 5.13. The molecule has 132 valence electrons. The number of benzene rings is 2. The molecule has 4 heteroatoms. The van der Waals surface area contributed by atoms with E-state index in [1.54, 1.807) is 0 Å². The summed E-state index contributed by atoms with van der Waals surface area (Å²) >= 11 is 1.87. The Hall–Kier alpha value is -2.43. The molecule has 0 saturated heterocycles. The number of hydrogen-bond acceptors (Lipinski definition) is 3. The lowest BCUT2D eigenvalue weighted by Crippen LogP contribution is -2.32. The lowest BCUT2D eigenvalue weighted by Gasteiger charge is -2.33. The maximum absolute atomic E-state index is 12.4. The highest BCUT2D eigenvalue weighted by molar-refractivity contribution is 7.10. The molecule has 0 unspecified atom stereocenters. The van der Waals surface area contributed by atoms with Gasteiger partial charge in [-0.3, -0.25) is 9.69 Å². The van der Waals surface area contributed by atoms with Gasteiger partial charge < -0.3 is 5.32 Å². The zero-order chi connectivity index (χ0) is 17.9. The third-order valence-electron chi connectivity index (χ3n) is 5.04. The highest BCUT2D eigenvalue weighted by Crippen LogP contribution is 2.33. The Morgan fingerprint density at radius 1 is 1.12 bits per heavy atom. The molecular formula is C22H22N2OS. The minimum Gasteiger partial charge on any atom is -0.322 e. The summed E-state index contributed by atoms with van der Waals surface area (Å²) in [6, 6.07) is 20.2. The molecule has 1 atom stereocenters. The molecule has 1 aliphatic rings. The molecule has 1 aromatic heterocycles.